The molecule has 0 radical (unpaired) electrons. The lowest BCUT2D eigenvalue weighted by molar-refractivity contribution is 0.771. The van der Waals surface area contributed by atoms with Gasteiger partial charge in [-0.25, -0.2) is 9.97 Å². The van der Waals surface area contributed by atoms with Crippen LogP contribution in [0.25, 0.3) is 17.0 Å². The highest BCUT2D eigenvalue weighted by molar-refractivity contribution is 9.08. The molecule has 0 atom stereocenters. The summed E-state index contributed by atoms with van der Waals surface area (Å²) in [5, 5.41) is 8.85. The molecule has 1 aromatic carbocycles. The van der Waals surface area contributed by atoms with Gasteiger partial charge in [0.1, 0.15) is 5.52 Å². The van der Waals surface area contributed by atoms with Crippen LogP contribution in [0.2, 0.25) is 0 Å². The van der Waals surface area contributed by atoms with Crippen molar-refractivity contribution in [2.24, 2.45) is 0 Å². The molecule has 0 saturated heterocycles. The molecule has 0 aliphatic carbocycles. The predicted octanol–water partition coefficient (Wildman–Crippen LogP) is 2.11. The molecule has 0 aliphatic rings. The SMILES string of the molecule is BrCc1cnc(-n2nnc3ccccc32)nc1. The number of para-hydroxylation sites is 1. The minimum absolute atomic E-state index is 0.531. The van der Waals surface area contributed by atoms with Gasteiger partial charge in [0.15, 0.2) is 0 Å². The Morgan fingerprint density at radius 3 is 2.65 bits per heavy atom. The average Bonchev–Trinajstić information content (AvgIpc) is 2.83. The van der Waals surface area contributed by atoms with Crippen LogP contribution in [0.1, 0.15) is 5.56 Å². The van der Waals surface area contributed by atoms with Gasteiger partial charge in [-0.15, -0.1) is 5.10 Å². The van der Waals surface area contributed by atoms with Gasteiger partial charge in [-0.1, -0.05) is 33.3 Å². The van der Waals surface area contributed by atoms with Gasteiger partial charge in [-0.05, 0) is 17.7 Å². The molecule has 2 heterocycles. The lowest BCUT2D eigenvalue weighted by Crippen LogP contribution is -2.03. The molecule has 0 fully saturated rings. The van der Waals surface area contributed by atoms with E-state index in [-0.39, 0.29) is 0 Å². The number of nitrogens with zero attached hydrogens (tertiary/aromatic N) is 5. The zero-order valence-corrected chi connectivity index (χ0v) is 10.4. The summed E-state index contributed by atoms with van der Waals surface area (Å²) >= 11 is 3.36. The van der Waals surface area contributed by atoms with E-state index in [1.807, 2.05) is 24.3 Å². The van der Waals surface area contributed by atoms with Gasteiger partial charge in [0.25, 0.3) is 5.95 Å². The maximum Gasteiger partial charge on any atom is 0.252 e. The third kappa shape index (κ3) is 1.80. The van der Waals surface area contributed by atoms with E-state index in [2.05, 4.69) is 36.2 Å². The predicted molar refractivity (Wildman–Crippen MR) is 67.1 cm³/mol. The average molecular weight is 290 g/mol. The summed E-state index contributed by atoms with van der Waals surface area (Å²) in [5.74, 6) is 0.531. The molecule has 0 amide bonds. The van der Waals surface area contributed by atoms with Crippen molar-refractivity contribution in [1.29, 1.82) is 0 Å². The van der Waals surface area contributed by atoms with Gasteiger partial charge in [-0.3, -0.25) is 0 Å². The second-order valence-corrected chi connectivity index (χ2v) is 4.08. The molecule has 0 N–H and O–H groups in total. The third-order valence-corrected chi connectivity index (χ3v) is 3.03. The monoisotopic (exact) mass is 289 g/mol. The topological polar surface area (TPSA) is 56.5 Å². The molecule has 0 aliphatic heterocycles. The highest BCUT2D eigenvalue weighted by Gasteiger charge is 2.07. The Morgan fingerprint density at radius 2 is 1.88 bits per heavy atom. The van der Waals surface area contributed by atoms with Crippen molar-refractivity contribution in [1.82, 2.24) is 25.0 Å². The number of benzene rings is 1. The van der Waals surface area contributed by atoms with E-state index in [9.17, 15) is 0 Å². The van der Waals surface area contributed by atoms with E-state index in [4.69, 9.17) is 0 Å². The van der Waals surface area contributed by atoms with Crippen molar-refractivity contribution in [2.45, 2.75) is 5.33 Å². The fourth-order valence-electron chi connectivity index (χ4n) is 1.54. The summed E-state index contributed by atoms with van der Waals surface area (Å²) < 4.78 is 1.63. The van der Waals surface area contributed by atoms with Gasteiger partial charge >= 0.3 is 0 Å². The first-order chi connectivity index (χ1) is 8.38. The molecule has 0 spiro atoms. The van der Waals surface area contributed by atoms with Crippen molar-refractivity contribution in [3.05, 3.63) is 42.2 Å². The first kappa shape index (κ1) is 10.3. The Kier molecular flexibility index (Phi) is 2.56. The standard InChI is InChI=1S/C11H8BrN5/c12-5-8-6-13-11(14-7-8)17-10-4-2-1-3-9(10)15-16-17/h1-4,6-7H,5H2. The van der Waals surface area contributed by atoms with E-state index < -0.39 is 0 Å². The Hall–Kier alpha value is -1.82. The van der Waals surface area contributed by atoms with Crippen molar-refractivity contribution in [2.75, 3.05) is 0 Å². The van der Waals surface area contributed by atoms with E-state index >= 15 is 0 Å². The summed E-state index contributed by atoms with van der Waals surface area (Å²) in [7, 11) is 0. The Morgan fingerprint density at radius 1 is 1.12 bits per heavy atom. The van der Waals surface area contributed by atoms with Crippen LogP contribution in [0.15, 0.2) is 36.7 Å². The van der Waals surface area contributed by atoms with Crippen LogP contribution in [-0.4, -0.2) is 25.0 Å². The molecule has 84 valence electrons. The number of hydrogen-bond acceptors (Lipinski definition) is 4. The molecule has 0 bridgehead atoms. The Balaban J connectivity index is 2.13. The van der Waals surface area contributed by atoms with Crippen LogP contribution in [0.5, 0.6) is 0 Å². The first-order valence-corrected chi connectivity index (χ1v) is 6.18. The summed E-state index contributed by atoms with van der Waals surface area (Å²) in [4.78, 5) is 8.52. The minimum Gasteiger partial charge on any atom is -0.219 e. The second-order valence-electron chi connectivity index (χ2n) is 3.51. The molecule has 5 nitrogen and oxygen atoms in total. The lowest BCUT2D eigenvalue weighted by Gasteiger charge is -2.00. The molecular weight excluding hydrogens is 282 g/mol. The molecule has 0 unspecified atom stereocenters. The van der Waals surface area contributed by atoms with E-state index in [1.165, 1.54) is 0 Å². The summed E-state index contributed by atoms with van der Waals surface area (Å²) in [6.07, 6.45) is 3.54. The zero-order valence-electron chi connectivity index (χ0n) is 8.79. The number of alkyl halides is 1. The van der Waals surface area contributed by atoms with Crippen LogP contribution in [-0.2, 0) is 5.33 Å². The molecule has 0 saturated carbocycles. The number of aromatic nitrogens is 5. The number of halogens is 1. The normalized spacial score (nSPS) is 10.9. The van der Waals surface area contributed by atoms with Crippen LogP contribution in [0.3, 0.4) is 0 Å². The number of rotatable bonds is 2. The lowest BCUT2D eigenvalue weighted by atomic mass is 10.3. The molecule has 6 heteroatoms. The Labute approximate surface area is 106 Å². The fraction of sp³-hybridized carbons (Fsp3) is 0.0909. The van der Waals surface area contributed by atoms with E-state index in [1.54, 1.807) is 17.1 Å². The van der Waals surface area contributed by atoms with Gasteiger partial charge in [0, 0.05) is 17.7 Å². The minimum atomic E-state index is 0.531. The van der Waals surface area contributed by atoms with Crippen LogP contribution < -0.4 is 0 Å². The van der Waals surface area contributed by atoms with Gasteiger partial charge < -0.3 is 0 Å². The smallest absolute Gasteiger partial charge is 0.219 e. The summed E-state index contributed by atoms with van der Waals surface area (Å²) in [6.45, 7) is 0. The van der Waals surface area contributed by atoms with Crippen LogP contribution >= 0.6 is 15.9 Å². The van der Waals surface area contributed by atoms with Crippen molar-refractivity contribution >= 4 is 27.0 Å². The van der Waals surface area contributed by atoms with E-state index in [0.717, 1.165) is 21.9 Å². The second kappa shape index (κ2) is 4.21. The van der Waals surface area contributed by atoms with Crippen molar-refractivity contribution in [3.63, 3.8) is 0 Å². The highest BCUT2D eigenvalue weighted by atomic mass is 79.9. The third-order valence-electron chi connectivity index (χ3n) is 2.39. The highest BCUT2D eigenvalue weighted by Crippen LogP contribution is 2.13. The molecule has 17 heavy (non-hydrogen) atoms. The fourth-order valence-corrected chi connectivity index (χ4v) is 1.83. The van der Waals surface area contributed by atoms with Gasteiger partial charge in [0.05, 0.1) is 5.52 Å². The first-order valence-electron chi connectivity index (χ1n) is 5.06. The number of hydrogen-bond donors (Lipinski definition) is 0. The maximum absolute atomic E-state index is 4.26. The van der Waals surface area contributed by atoms with Crippen LogP contribution in [0.4, 0.5) is 0 Å². The summed E-state index contributed by atoms with van der Waals surface area (Å²) in [5.41, 5.74) is 2.76. The zero-order chi connectivity index (χ0) is 11.7. The largest absolute Gasteiger partial charge is 0.252 e. The molecule has 3 rings (SSSR count). The van der Waals surface area contributed by atoms with Gasteiger partial charge in [-0.2, -0.15) is 4.68 Å². The maximum atomic E-state index is 4.26. The van der Waals surface area contributed by atoms with Crippen LogP contribution in [0, 0.1) is 0 Å². The Bertz CT molecular complexity index is 646. The van der Waals surface area contributed by atoms with Crippen molar-refractivity contribution < 1.29 is 0 Å². The van der Waals surface area contributed by atoms with Crippen molar-refractivity contribution in [3.8, 4) is 5.95 Å². The quantitative estimate of drug-likeness (QED) is 0.678. The molecular formula is C11H8BrN5. The van der Waals surface area contributed by atoms with E-state index in [0.29, 0.717) is 5.95 Å². The molecule has 3 aromatic rings. The summed E-state index contributed by atoms with van der Waals surface area (Å²) in [6, 6.07) is 7.72. The van der Waals surface area contributed by atoms with Gasteiger partial charge in [0.2, 0.25) is 0 Å². The number of fused-ring (bicyclic) bond motifs is 1. The molecule has 2 aromatic heterocycles.